The molecule has 2 aromatic carbocycles. The molecule has 2 rings (SSSR count). The first-order valence-electron chi connectivity index (χ1n) is 9.50. The summed E-state index contributed by atoms with van der Waals surface area (Å²) in [5.41, 5.74) is 1.60. The van der Waals surface area contributed by atoms with E-state index in [0.717, 1.165) is 11.3 Å². The molecular formula is C22H25ClNO5-. The lowest BCUT2D eigenvalue weighted by Gasteiger charge is -2.20. The highest BCUT2D eigenvalue weighted by Gasteiger charge is 2.15. The molecule has 2 aromatic rings. The zero-order valence-corrected chi connectivity index (χ0v) is 17.3. The van der Waals surface area contributed by atoms with Crippen LogP contribution in [0.25, 0.3) is 0 Å². The molecule has 1 atom stereocenters. The Morgan fingerprint density at radius 2 is 1.86 bits per heavy atom. The van der Waals surface area contributed by atoms with E-state index in [0.29, 0.717) is 36.0 Å². The van der Waals surface area contributed by atoms with Crippen molar-refractivity contribution >= 4 is 23.5 Å². The summed E-state index contributed by atoms with van der Waals surface area (Å²) in [7, 11) is 0. The predicted molar refractivity (Wildman–Crippen MR) is 109 cm³/mol. The Kier molecular flexibility index (Phi) is 8.80. The minimum absolute atomic E-state index is 0.215. The van der Waals surface area contributed by atoms with Gasteiger partial charge in [-0.15, -0.1) is 0 Å². The van der Waals surface area contributed by atoms with Crippen LogP contribution in [0.15, 0.2) is 42.5 Å². The molecule has 1 unspecified atom stereocenters. The molecule has 29 heavy (non-hydrogen) atoms. The highest BCUT2D eigenvalue weighted by molar-refractivity contribution is 6.30. The first-order chi connectivity index (χ1) is 13.9. The topological polar surface area (TPSA) is 87.7 Å². The Labute approximate surface area is 175 Å². The average Bonchev–Trinajstić information content (AvgIpc) is 2.66. The van der Waals surface area contributed by atoms with E-state index in [9.17, 15) is 14.7 Å². The summed E-state index contributed by atoms with van der Waals surface area (Å²) in [6.45, 7) is 4.68. The van der Waals surface area contributed by atoms with E-state index in [-0.39, 0.29) is 18.7 Å². The number of aliphatic carboxylic acids is 1. The van der Waals surface area contributed by atoms with Gasteiger partial charge in [0, 0.05) is 23.8 Å². The van der Waals surface area contributed by atoms with Gasteiger partial charge in [0.05, 0.1) is 19.3 Å². The van der Waals surface area contributed by atoms with Crippen molar-refractivity contribution in [3.63, 3.8) is 0 Å². The maximum absolute atomic E-state index is 12.3. The zero-order chi connectivity index (χ0) is 21.2. The molecular weight excluding hydrogens is 394 g/mol. The molecule has 0 aliphatic rings. The van der Waals surface area contributed by atoms with Crippen LogP contribution in [0.3, 0.4) is 0 Å². The molecule has 0 aromatic heterocycles. The van der Waals surface area contributed by atoms with Gasteiger partial charge in [-0.3, -0.25) is 4.79 Å². The van der Waals surface area contributed by atoms with E-state index < -0.39 is 12.0 Å². The van der Waals surface area contributed by atoms with Crippen molar-refractivity contribution in [2.45, 2.75) is 39.2 Å². The van der Waals surface area contributed by atoms with Crippen LogP contribution in [-0.4, -0.2) is 25.1 Å². The highest BCUT2D eigenvalue weighted by Crippen LogP contribution is 2.22. The molecule has 0 bridgehead atoms. The number of carbonyl (C=O) groups excluding carboxylic acids is 2. The number of carboxylic acids is 1. The lowest BCUT2D eigenvalue weighted by atomic mass is 10.0. The van der Waals surface area contributed by atoms with E-state index >= 15 is 0 Å². The summed E-state index contributed by atoms with van der Waals surface area (Å²) in [6.07, 6.45) is 0.405. The Bertz CT molecular complexity index is 822. The second-order valence-corrected chi connectivity index (χ2v) is 7.00. The number of aryl methyl sites for hydroxylation is 1. The number of carboxylic acid groups (broad SMARTS) is 1. The molecule has 6 nitrogen and oxygen atoms in total. The monoisotopic (exact) mass is 418 g/mol. The fourth-order valence-corrected chi connectivity index (χ4v) is 3.06. The smallest absolute Gasteiger partial charge is 0.220 e. The minimum Gasteiger partial charge on any atom is -0.550 e. The van der Waals surface area contributed by atoms with Gasteiger partial charge < -0.3 is 24.7 Å². The van der Waals surface area contributed by atoms with Crippen molar-refractivity contribution in [2.75, 3.05) is 13.2 Å². The molecule has 1 N–H and O–H groups in total. The number of hydrogen-bond acceptors (Lipinski definition) is 5. The van der Waals surface area contributed by atoms with Crippen molar-refractivity contribution in [2.24, 2.45) is 0 Å². The zero-order valence-electron chi connectivity index (χ0n) is 16.6. The van der Waals surface area contributed by atoms with Crippen molar-refractivity contribution in [1.29, 1.82) is 0 Å². The third-order valence-electron chi connectivity index (χ3n) is 4.24. The molecule has 0 radical (unpaired) electrons. The Balaban J connectivity index is 1.86. The van der Waals surface area contributed by atoms with Gasteiger partial charge in [-0.2, -0.15) is 0 Å². The third-order valence-corrected chi connectivity index (χ3v) is 4.48. The lowest BCUT2D eigenvalue weighted by molar-refractivity contribution is -0.306. The van der Waals surface area contributed by atoms with E-state index in [4.69, 9.17) is 21.1 Å². The quantitative estimate of drug-likeness (QED) is 0.566. The van der Waals surface area contributed by atoms with Crippen molar-refractivity contribution in [3.8, 4) is 11.5 Å². The number of amides is 1. The van der Waals surface area contributed by atoms with Crippen LogP contribution in [0, 0.1) is 6.92 Å². The van der Waals surface area contributed by atoms with E-state index in [1.165, 1.54) is 0 Å². The normalized spacial score (nSPS) is 11.6. The second kappa shape index (κ2) is 11.3. The number of nitrogens with one attached hydrogen (secondary N) is 1. The van der Waals surface area contributed by atoms with Crippen molar-refractivity contribution in [1.82, 2.24) is 5.32 Å². The van der Waals surface area contributed by atoms with Crippen LogP contribution in [-0.2, 0) is 9.59 Å². The van der Waals surface area contributed by atoms with Gasteiger partial charge >= 0.3 is 0 Å². The van der Waals surface area contributed by atoms with Gasteiger partial charge in [0.25, 0.3) is 0 Å². The number of benzene rings is 2. The van der Waals surface area contributed by atoms with E-state index in [1.807, 2.05) is 19.9 Å². The first-order valence-corrected chi connectivity index (χ1v) is 9.87. The molecule has 0 saturated heterocycles. The molecule has 0 fully saturated rings. The fourth-order valence-electron chi connectivity index (χ4n) is 2.84. The van der Waals surface area contributed by atoms with Crippen LogP contribution in [0.4, 0.5) is 0 Å². The van der Waals surface area contributed by atoms with Crippen LogP contribution < -0.4 is 19.9 Å². The Hall–Kier alpha value is -2.73. The molecule has 1 amide bonds. The summed E-state index contributed by atoms with van der Waals surface area (Å²) < 4.78 is 11.1. The summed E-state index contributed by atoms with van der Waals surface area (Å²) in [4.78, 5) is 23.4. The summed E-state index contributed by atoms with van der Waals surface area (Å²) >= 11 is 5.92. The van der Waals surface area contributed by atoms with Crippen molar-refractivity contribution < 1.29 is 24.2 Å². The summed E-state index contributed by atoms with van der Waals surface area (Å²) in [5.74, 6) is -0.0734. The van der Waals surface area contributed by atoms with Crippen LogP contribution >= 0.6 is 11.6 Å². The molecule has 0 spiro atoms. The van der Waals surface area contributed by atoms with E-state index in [1.54, 1.807) is 36.4 Å². The van der Waals surface area contributed by atoms with Crippen LogP contribution in [0.2, 0.25) is 5.02 Å². The maximum atomic E-state index is 12.3. The Morgan fingerprint density at radius 1 is 1.14 bits per heavy atom. The second-order valence-electron chi connectivity index (χ2n) is 6.56. The number of hydrogen-bond donors (Lipinski definition) is 1. The number of carbonyl (C=O) groups is 2. The van der Waals surface area contributed by atoms with Gasteiger partial charge in [-0.05, 0) is 61.7 Å². The highest BCUT2D eigenvalue weighted by atomic mass is 35.5. The minimum atomic E-state index is -1.23. The lowest BCUT2D eigenvalue weighted by Crippen LogP contribution is -2.34. The van der Waals surface area contributed by atoms with Gasteiger partial charge in [0.2, 0.25) is 5.91 Å². The van der Waals surface area contributed by atoms with Crippen LogP contribution in [0.5, 0.6) is 11.5 Å². The largest absolute Gasteiger partial charge is 0.550 e. The number of halogens is 1. The predicted octanol–water partition coefficient (Wildman–Crippen LogP) is 3.20. The number of ether oxygens (including phenoxy) is 2. The first kappa shape index (κ1) is 22.6. The molecule has 0 aliphatic heterocycles. The molecule has 0 aliphatic carbocycles. The summed E-state index contributed by atoms with van der Waals surface area (Å²) in [6, 6.07) is 11.7. The Morgan fingerprint density at radius 3 is 2.48 bits per heavy atom. The average molecular weight is 419 g/mol. The standard InChI is InChI=1S/C22H26ClNO5/c1-3-28-18-9-6-16(7-10-18)19(14-22(26)27)24-21(25)5-4-12-29-20-11-8-17(23)13-15(20)2/h6-11,13,19H,3-5,12,14H2,1-2H3,(H,24,25)(H,26,27)/p-1. The van der Waals surface area contributed by atoms with E-state index in [2.05, 4.69) is 5.32 Å². The SMILES string of the molecule is CCOc1ccc(C(CC(=O)[O-])NC(=O)CCCOc2ccc(Cl)cc2C)cc1. The number of rotatable bonds is 11. The molecule has 7 heteroatoms. The van der Waals surface area contributed by atoms with Gasteiger partial charge in [-0.25, -0.2) is 0 Å². The van der Waals surface area contributed by atoms with Gasteiger partial charge in [0.15, 0.2) is 0 Å². The fraction of sp³-hybridized carbons (Fsp3) is 0.364. The van der Waals surface area contributed by atoms with Crippen LogP contribution in [0.1, 0.15) is 43.4 Å². The maximum Gasteiger partial charge on any atom is 0.220 e. The van der Waals surface area contributed by atoms with Gasteiger partial charge in [-0.1, -0.05) is 23.7 Å². The van der Waals surface area contributed by atoms with Crippen molar-refractivity contribution in [3.05, 3.63) is 58.6 Å². The molecule has 156 valence electrons. The molecule has 0 saturated carbocycles. The summed E-state index contributed by atoms with van der Waals surface area (Å²) in [5, 5.41) is 14.5. The third kappa shape index (κ3) is 7.66. The molecule has 0 heterocycles. The van der Waals surface area contributed by atoms with Gasteiger partial charge in [0.1, 0.15) is 11.5 Å².